The normalized spacial score (nSPS) is 10.7. The summed E-state index contributed by atoms with van der Waals surface area (Å²) in [4.78, 5) is 12.3. The average molecular weight is 276 g/mol. The van der Waals surface area contributed by atoms with Gasteiger partial charge in [0.1, 0.15) is 0 Å². The topological polar surface area (TPSA) is 48.0 Å². The number of hydrogen-bond acceptors (Lipinski definition) is 2. The molecule has 104 valence electrons. The lowest BCUT2D eigenvalue weighted by molar-refractivity contribution is 0.652. The van der Waals surface area contributed by atoms with Gasteiger partial charge in [-0.1, -0.05) is 60.7 Å². The molecule has 0 aliphatic heterocycles. The molecule has 0 unspecified atom stereocenters. The van der Waals surface area contributed by atoms with Gasteiger partial charge >= 0.3 is 0 Å². The van der Waals surface area contributed by atoms with Gasteiger partial charge in [0.25, 0.3) is 5.56 Å². The lowest BCUT2D eigenvalue weighted by Crippen LogP contribution is -2.25. The molecule has 0 saturated carbocycles. The van der Waals surface area contributed by atoms with E-state index in [4.69, 9.17) is 5.73 Å². The third-order valence-corrected chi connectivity index (χ3v) is 3.47. The van der Waals surface area contributed by atoms with E-state index >= 15 is 0 Å². The van der Waals surface area contributed by atoms with Crippen LogP contribution in [0, 0.1) is 0 Å². The molecule has 0 radical (unpaired) electrons. The Morgan fingerprint density at radius 1 is 0.762 bits per heavy atom. The first-order valence-electron chi connectivity index (χ1n) is 6.83. The second-order valence-electron chi connectivity index (χ2n) is 4.93. The number of pyridine rings is 1. The Kier molecular flexibility index (Phi) is 3.56. The van der Waals surface area contributed by atoms with Crippen molar-refractivity contribution in [2.75, 3.05) is 5.73 Å². The number of aromatic nitrogens is 1. The zero-order chi connectivity index (χ0) is 14.7. The molecule has 1 aromatic heterocycles. The smallest absolute Gasteiger partial charge is 0.251 e. The maximum absolute atomic E-state index is 12.3. The molecule has 0 spiro atoms. The van der Waals surface area contributed by atoms with Crippen LogP contribution in [0.25, 0.3) is 0 Å². The van der Waals surface area contributed by atoms with Crippen molar-refractivity contribution in [1.82, 2.24) is 4.57 Å². The van der Waals surface area contributed by atoms with Gasteiger partial charge in [0.05, 0.1) is 6.04 Å². The predicted octanol–water partition coefficient (Wildman–Crippen LogP) is 3.07. The summed E-state index contributed by atoms with van der Waals surface area (Å²) in [5.74, 6) is 0. The number of hydrogen-bond donors (Lipinski definition) is 1. The Hall–Kier alpha value is -2.81. The van der Waals surface area contributed by atoms with Gasteiger partial charge in [0.2, 0.25) is 0 Å². The molecule has 0 atom stereocenters. The van der Waals surface area contributed by atoms with E-state index in [2.05, 4.69) is 0 Å². The summed E-state index contributed by atoms with van der Waals surface area (Å²) in [6.07, 6.45) is 1.70. The predicted molar refractivity (Wildman–Crippen MR) is 85.2 cm³/mol. The standard InChI is InChI=1S/C18H16N2O/c19-16-11-12-17(21)20(13-16)18(14-7-3-1-4-8-14)15-9-5-2-6-10-15/h1-13,18H,19H2. The molecule has 0 saturated heterocycles. The fourth-order valence-electron chi connectivity index (χ4n) is 2.51. The number of rotatable bonds is 3. The van der Waals surface area contributed by atoms with Crippen molar-refractivity contribution < 1.29 is 0 Å². The second-order valence-corrected chi connectivity index (χ2v) is 4.93. The highest BCUT2D eigenvalue weighted by Gasteiger charge is 2.16. The van der Waals surface area contributed by atoms with E-state index in [1.54, 1.807) is 16.8 Å². The van der Waals surface area contributed by atoms with Gasteiger partial charge in [-0.3, -0.25) is 4.79 Å². The van der Waals surface area contributed by atoms with Crippen LogP contribution >= 0.6 is 0 Å². The van der Waals surface area contributed by atoms with Gasteiger partial charge in [0, 0.05) is 18.0 Å². The van der Waals surface area contributed by atoms with Gasteiger partial charge in [-0.2, -0.15) is 0 Å². The van der Waals surface area contributed by atoms with Crippen LogP contribution in [-0.4, -0.2) is 4.57 Å². The minimum atomic E-state index is -0.177. The quantitative estimate of drug-likeness (QED) is 0.799. The highest BCUT2D eigenvalue weighted by atomic mass is 16.1. The summed E-state index contributed by atoms with van der Waals surface area (Å²) in [5, 5.41) is 0. The van der Waals surface area contributed by atoms with Gasteiger partial charge in [-0.05, 0) is 17.2 Å². The molecular formula is C18H16N2O. The second kappa shape index (κ2) is 5.67. The summed E-state index contributed by atoms with van der Waals surface area (Å²) in [5.41, 5.74) is 8.47. The van der Waals surface area contributed by atoms with Crippen molar-refractivity contribution in [2.45, 2.75) is 6.04 Å². The number of benzene rings is 2. The molecule has 3 heteroatoms. The molecule has 0 bridgehead atoms. The lowest BCUT2D eigenvalue weighted by Gasteiger charge is -2.21. The maximum atomic E-state index is 12.3. The molecule has 21 heavy (non-hydrogen) atoms. The summed E-state index contributed by atoms with van der Waals surface area (Å²) in [6.45, 7) is 0. The number of nitrogens with zero attached hydrogens (tertiary/aromatic N) is 1. The molecule has 0 amide bonds. The van der Waals surface area contributed by atoms with E-state index in [1.165, 1.54) is 6.07 Å². The summed E-state index contributed by atoms with van der Waals surface area (Å²) in [7, 11) is 0. The highest BCUT2D eigenvalue weighted by Crippen LogP contribution is 2.25. The zero-order valence-electron chi connectivity index (χ0n) is 11.5. The van der Waals surface area contributed by atoms with Crippen molar-refractivity contribution in [1.29, 1.82) is 0 Å². The van der Waals surface area contributed by atoms with Gasteiger partial charge < -0.3 is 10.3 Å². The number of nitrogen functional groups attached to an aromatic ring is 1. The third-order valence-electron chi connectivity index (χ3n) is 3.47. The largest absolute Gasteiger partial charge is 0.398 e. The molecule has 2 aromatic carbocycles. The van der Waals surface area contributed by atoms with E-state index in [0.717, 1.165) is 11.1 Å². The molecule has 3 aromatic rings. The van der Waals surface area contributed by atoms with Crippen LogP contribution in [0.5, 0.6) is 0 Å². The summed E-state index contributed by atoms with van der Waals surface area (Å²) in [6, 6.07) is 22.9. The molecule has 1 heterocycles. The Labute approximate surface area is 123 Å². The van der Waals surface area contributed by atoms with Crippen LogP contribution in [0.2, 0.25) is 0 Å². The Morgan fingerprint density at radius 3 is 1.81 bits per heavy atom. The van der Waals surface area contributed by atoms with Gasteiger partial charge in [0.15, 0.2) is 0 Å². The summed E-state index contributed by atoms with van der Waals surface area (Å²) >= 11 is 0. The zero-order valence-corrected chi connectivity index (χ0v) is 11.5. The first-order valence-corrected chi connectivity index (χ1v) is 6.83. The van der Waals surface area contributed by atoms with Crippen LogP contribution in [0.1, 0.15) is 17.2 Å². The van der Waals surface area contributed by atoms with Crippen LogP contribution in [0.3, 0.4) is 0 Å². The Balaban J connectivity index is 2.22. The Bertz CT molecular complexity index is 740. The molecule has 0 fully saturated rings. The monoisotopic (exact) mass is 276 g/mol. The van der Waals surface area contributed by atoms with E-state index in [1.807, 2.05) is 60.7 Å². The maximum Gasteiger partial charge on any atom is 0.251 e. The fourth-order valence-corrected chi connectivity index (χ4v) is 2.51. The lowest BCUT2D eigenvalue weighted by atomic mass is 9.98. The molecular weight excluding hydrogens is 260 g/mol. The van der Waals surface area contributed by atoms with E-state index in [0.29, 0.717) is 5.69 Å². The van der Waals surface area contributed by atoms with Crippen molar-refractivity contribution in [2.24, 2.45) is 0 Å². The molecule has 2 N–H and O–H groups in total. The molecule has 0 aliphatic carbocycles. The summed E-state index contributed by atoms with van der Waals surface area (Å²) < 4.78 is 1.68. The van der Waals surface area contributed by atoms with Crippen LogP contribution < -0.4 is 11.3 Å². The first kappa shape index (κ1) is 13.2. The van der Waals surface area contributed by atoms with Crippen molar-refractivity contribution >= 4 is 5.69 Å². The van der Waals surface area contributed by atoms with Crippen LogP contribution in [-0.2, 0) is 0 Å². The highest BCUT2D eigenvalue weighted by molar-refractivity contribution is 5.38. The number of nitrogens with two attached hydrogens (primary N) is 1. The number of anilines is 1. The fraction of sp³-hybridized carbons (Fsp3) is 0.0556. The molecule has 0 aliphatic rings. The molecule has 3 nitrogen and oxygen atoms in total. The van der Waals surface area contributed by atoms with Gasteiger partial charge in [-0.15, -0.1) is 0 Å². The first-order chi connectivity index (χ1) is 10.3. The van der Waals surface area contributed by atoms with Gasteiger partial charge in [-0.25, -0.2) is 0 Å². The minimum absolute atomic E-state index is 0.0677. The van der Waals surface area contributed by atoms with Crippen LogP contribution in [0.4, 0.5) is 5.69 Å². The molecule has 3 rings (SSSR count). The van der Waals surface area contributed by atoms with Crippen molar-refractivity contribution in [3.8, 4) is 0 Å². The SMILES string of the molecule is Nc1ccc(=O)n(C(c2ccccc2)c2ccccc2)c1. The van der Waals surface area contributed by atoms with E-state index in [-0.39, 0.29) is 11.6 Å². The van der Waals surface area contributed by atoms with Crippen LogP contribution in [0.15, 0.2) is 83.8 Å². The van der Waals surface area contributed by atoms with Crippen molar-refractivity contribution in [3.63, 3.8) is 0 Å². The third kappa shape index (κ3) is 2.72. The van der Waals surface area contributed by atoms with E-state index in [9.17, 15) is 4.79 Å². The Morgan fingerprint density at radius 2 is 1.29 bits per heavy atom. The van der Waals surface area contributed by atoms with E-state index < -0.39 is 0 Å². The van der Waals surface area contributed by atoms with Crippen molar-refractivity contribution in [3.05, 3.63) is 100 Å². The average Bonchev–Trinajstić information content (AvgIpc) is 2.53. The minimum Gasteiger partial charge on any atom is -0.398 e.